The summed E-state index contributed by atoms with van der Waals surface area (Å²) in [5.41, 5.74) is 7.80. The normalized spacial score (nSPS) is 10.1. The Labute approximate surface area is 99.8 Å². The van der Waals surface area contributed by atoms with Crippen LogP contribution in [0.15, 0.2) is 42.6 Å². The number of amides is 1. The molecule has 0 aliphatic rings. The molecule has 0 unspecified atom stereocenters. The minimum Gasteiger partial charge on any atom is -0.397 e. The van der Waals surface area contributed by atoms with E-state index in [0.717, 1.165) is 6.42 Å². The first-order chi connectivity index (χ1) is 8.25. The van der Waals surface area contributed by atoms with E-state index in [0.29, 0.717) is 17.9 Å². The van der Waals surface area contributed by atoms with E-state index < -0.39 is 0 Å². The van der Waals surface area contributed by atoms with Crippen molar-refractivity contribution < 1.29 is 4.79 Å². The van der Waals surface area contributed by atoms with Crippen molar-refractivity contribution in [2.24, 2.45) is 0 Å². The van der Waals surface area contributed by atoms with Crippen LogP contribution in [-0.2, 0) is 6.42 Å². The summed E-state index contributed by atoms with van der Waals surface area (Å²) in [6.07, 6.45) is 2.43. The molecule has 4 heteroatoms. The lowest BCUT2D eigenvalue weighted by molar-refractivity contribution is 0.0950. The molecule has 17 heavy (non-hydrogen) atoms. The molecular formula is C13H15N3O. The molecular weight excluding hydrogens is 214 g/mol. The predicted molar refractivity (Wildman–Crippen MR) is 67.7 cm³/mol. The number of nitrogens with one attached hydrogen (secondary N) is 2. The van der Waals surface area contributed by atoms with E-state index >= 15 is 0 Å². The lowest BCUT2D eigenvalue weighted by atomic mass is 10.1. The molecule has 0 saturated heterocycles. The van der Waals surface area contributed by atoms with Gasteiger partial charge >= 0.3 is 0 Å². The van der Waals surface area contributed by atoms with Gasteiger partial charge in [0.15, 0.2) is 0 Å². The summed E-state index contributed by atoms with van der Waals surface area (Å²) in [5, 5.41) is 2.84. The van der Waals surface area contributed by atoms with Crippen molar-refractivity contribution in [3.05, 3.63) is 53.9 Å². The third-order valence-corrected chi connectivity index (χ3v) is 2.49. The maximum absolute atomic E-state index is 11.7. The lowest BCUT2D eigenvalue weighted by Gasteiger charge is -2.03. The van der Waals surface area contributed by atoms with Crippen LogP contribution >= 0.6 is 0 Å². The van der Waals surface area contributed by atoms with Gasteiger partial charge < -0.3 is 16.0 Å². The van der Waals surface area contributed by atoms with Gasteiger partial charge in [0.1, 0.15) is 5.69 Å². The Bertz CT molecular complexity index is 490. The molecule has 0 aliphatic heterocycles. The largest absolute Gasteiger partial charge is 0.397 e. The van der Waals surface area contributed by atoms with E-state index in [1.165, 1.54) is 5.56 Å². The Morgan fingerprint density at radius 2 is 2.06 bits per heavy atom. The first-order valence-electron chi connectivity index (χ1n) is 5.52. The molecule has 88 valence electrons. The number of carbonyl (C=O) groups is 1. The number of aromatic nitrogens is 1. The molecule has 0 bridgehead atoms. The standard InChI is InChI=1S/C13H15N3O/c14-11-8-12(16-9-11)13(17)15-7-6-10-4-2-1-3-5-10/h1-5,8-9,16H,6-7,14H2,(H,15,17). The van der Waals surface area contributed by atoms with Gasteiger partial charge in [0.2, 0.25) is 0 Å². The highest BCUT2D eigenvalue weighted by Gasteiger charge is 2.06. The molecule has 1 aromatic carbocycles. The third-order valence-electron chi connectivity index (χ3n) is 2.49. The van der Waals surface area contributed by atoms with Crippen LogP contribution in [0.4, 0.5) is 5.69 Å². The summed E-state index contributed by atoms with van der Waals surface area (Å²) in [6, 6.07) is 11.7. The molecule has 2 rings (SSSR count). The SMILES string of the molecule is Nc1c[nH]c(C(=O)NCCc2ccccc2)c1. The summed E-state index contributed by atoms with van der Waals surface area (Å²) in [6.45, 7) is 0.613. The number of rotatable bonds is 4. The fourth-order valence-corrected chi connectivity index (χ4v) is 1.60. The molecule has 0 radical (unpaired) electrons. The molecule has 2 aromatic rings. The fourth-order valence-electron chi connectivity index (χ4n) is 1.60. The van der Waals surface area contributed by atoms with Gasteiger partial charge in [-0.1, -0.05) is 30.3 Å². The Morgan fingerprint density at radius 1 is 1.29 bits per heavy atom. The van der Waals surface area contributed by atoms with Crippen molar-refractivity contribution in [3.8, 4) is 0 Å². The second-order valence-electron chi connectivity index (χ2n) is 3.84. The number of nitrogens with two attached hydrogens (primary N) is 1. The average molecular weight is 229 g/mol. The quantitative estimate of drug-likeness (QED) is 0.744. The Balaban J connectivity index is 1.81. The second kappa shape index (κ2) is 5.21. The van der Waals surface area contributed by atoms with Gasteiger partial charge in [-0.2, -0.15) is 0 Å². The van der Waals surface area contributed by atoms with E-state index in [-0.39, 0.29) is 5.91 Å². The molecule has 0 aliphatic carbocycles. The number of carbonyl (C=O) groups excluding carboxylic acids is 1. The number of aromatic amines is 1. The lowest BCUT2D eigenvalue weighted by Crippen LogP contribution is -2.25. The van der Waals surface area contributed by atoms with Crippen LogP contribution in [0.3, 0.4) is 0 Å². The van der Waals surface area contributed by atoms with Gasteiger partial charge in [0.25, 0.3) is 5.91 Å². The van der Waals surface area contributed by atoms with Gasteiger partial charge in [0.05, 0.1) is 0 Å². The Kier molecular flexibility index (Phi) is 3.45. The van der Waals surface area contributed by atoms with E-state index in [1.807, 2.05) is 30.3 Å². The number of nitrogen functional groups attached to an aromatic ring is 1. The van der Waals surface area contributed by atoms with Crippen molar-refractivity contribution in [2.45, 2.75) is 6.42 Å². The molecule has 0 fully saturated rings. The van der Waals surface area contributed by atoms with Crippen LogP contribution in [0, 0.1) is 0 Å². The van der Waals surface area contributed by atoms with Crippen molar-refractivity contribution in [1.29, 1.82) is 0 Å². The van der Waals surface area contributed by atoms with Crippen molar-refractivity contribution in [2.75, 3.05) is 12.3 Å². The molecule has 4 nitrogen and oxygen atoms in total. The highest BCUT2D eigenvalue weighted by atomic mass is 16.1. The summed E-state index contributed by atoms with van der Waals surface area (Å²) < 4.78 is 0. The summed E-state index contributed by atoms with van der Waals surface area (Å²) >= 11 is 0. The molecule has 0 spiro atoms. The minimum atomic E-state index is -0.127. The molecule has 4 N–H and O–H groups in total. The number of benzene rings is 1. The van der Waals surface area contributed by atoms with Crippen LogP contribution in [0.2, 0.25) is 0 Å². The molecule has 0 saturated carbocycles. The smallest absolute Gasteiger partial charge is 0.267 e. The van der Waals surface area contributed by atoms with Crippen LogP contribution in [0.5, 0.6) is 0 Å². The van der Waals surface area contributed by atoms with E-state index in [1.54, 1.807) is 12.3 Å². The topological polar surface area (TPSA) is 70.9 Å². The summed E-state index contributed by atoms with van der Waals surface area (Å²) in [5.74, 6) is -0.127. The first kappa shape index (κ1) is 11.3. The van der Waals surface area contributed by atoms with Crippen LogP contribution < -0.4 is 11.1 Å². The van der Waals surface area contributed by atoms with Crippen molar-refractivity contribution in [1.82, 2.24) is 10.3 Å². The van der Waals surface area contributed by atoms with E-state index in [9.17, 15) is 4.79 Å². The summed E-state index contributed by atoms with van der Waals surface area (Å²) in [7, 11) is 0. The minimum absolute atomic E-state index is 0.127. The number of hydrogen-bond donors (Lipinski definition) is 3. The second-order valence-corrected chi connectivity index (χ2v) is 3.84. The van der Waals surface area contributed by atoms with Crippen LogP contribution in [0.25, 0.3) is 0 Å². The zero-order valence-electron chi connectivity index (χ0n) is 9.44. The maximum atomic E-state index is 11.7. The zero-order chi connectivity index (χ0) is 12.1. The average Bonchev–Trinajstić information content (AvgIpc) is 2.77. The highest BCUT2D eigenvalue weighted by Crippen LogP contribution is 2.04. The number of hydrogen-bond acceptors (Lipinski definition) is 2. The maximum Gasteiger partial charge on any atom is 0.267 e. The molecule has 1 aromatic heterocycles. The monoisotopic (exact) mass is 229 g/mol. The molecule has 1 heterocycles. The van der Waals surface area contributed by atoms with Crippen molar-refractivity contribution >= 4 is 11.6 Å². The van der Waals surface area contributed by atoms with E-state index in [2.05, 4.69) is 10.3 Å². The predicted octanol–water partition coefficient (Wildman–Crippen LogP) is 1.57. The molecule has 0 atom stereocenters. The van der Waals surface area contributed by atoms with E-state index in [4.69, 9.17) is 5.73 Å². The van der Waals surface area contributed by atoms with Gasteiger partial charge in [0, 0.05) is 18.4 Å². The van der Waals surface area contributed by atoms with Crippen LogP contribution in [-0.4, -0.2) is 17.4 Å². The summed E-state index contributed by atoms with van der Waals surface area (Å²) in [4.78, 5) is 14.5. The van der Waals surface area contributed by atoms with Crippen molar-refractivity contribution in [3.63, 3.8) is 0 Å². The Morgan fingerprint density at radius 3 is 2.71 bits per heavy atom. The fraction of sp³-hybridized carbons (Fsp3) is 0.154. The van der Waals surface area contributed by atoms with Gasteiger partial charge in [-0.05, 0) is 18.1 Å². The zero-order valence-corrected chi connectivity index (χ0v) is 9.44. The van der Waals surface area contributed by atoms with Gasteiger partial charge in [-0.15, -0.1) is 0 Å². The third kappa shape index (κ3) is 3.11. The van der Waals surface area contributed by atoms with Gasteiger partial charge in [-0.25, -0.2) is 0 Å². The Hall–Kier alpha value is -2.23. The molecule has 1 amide bonds. The number of anilines is 1. The van der Waals surface area contributed by atoms with Crippen LogP contribution in [0.1, 0.15) is 16.1 Å². The number of H-pyrrole nitrogens is 1. The first-order valence-corrected chi connectivity index (χ1v) is 5.52. The van der Waals surface area contributed by atoms with Gasteiger partial charge in [-0.3, -0.25) is 4.79 Å². The highest BCUT2D eigenvalue weighted by molar-refractivity contribution is 5.93.